The number of rotatable bonds is 5. The van der Waals surface area contributed by atoms with Crippen molar-refractivity contribution >= 4 is 11.9 Å². The number of nitrogens with zero attached hydrogens (tertiary/aromatic N) is 1. The number of ether oxygens (including phenoxy) is 2. The van der Waals surface area contributed by atoms with Gasteiger partial charge in [-0.25, -0.2) is 4.79 Å². The fourth-order valence-electron chi connectivity index (χ4n) is 2.66. The summed E-state index contributed by atoms with van der Waals surface area (Å²) in [6.07, 6.45) is 0. The van der Waals surface area contributed by atoms with E-state index < -0.39 is 6.04 Å². The smallest absolute Gasteiger partial charge is 0.329 e. The molecule has 1 heterocycles. The zero-order valence-electron chi connectivity index (χ0n) is 12.9. The zero-order valence-corrected chi connectivity index (χ0v) is 12.9. The molecule has 0 aliphatic carbocycles. The number of benzene rings is 1. The van der Waals surface area contributed by atoms with Crippen molar-refractivity contribution in [1.29, 1.82) is 0 Å². The predicted molar refractivity (Wildman–Crippen MR) is 78.1 cm³/mol. The van der Waals surface area contributed by atoms with Gasteiger partial charge in [0.1, 0.15) is 11.8 Å². The molecule has 0 saturated heterocycles. The molecule has 0 saturated carbocycles. The molecule has 0 N–H and O–H groups in total. The van der Waals surface area contributed by atoms with Gasteiger partial charge < -0.3 is 14.4 Å². The van der Waals surface area contributed by atoms with E-state index in [0.717, 1.165) is 5.56 Å². The Morgan fingerprint density at radius 3 is 2.67 bits per heavy atom. The topological polar surface area (TPSA) is 55.8 Å². The molecule has 2 rings (SSSR count). The molecule has 1 aliphatic rings. The Labute approximate surface area is 124 Å². The van der Waals surface area contributed by atoms with Gasteiger partial charge in [0.15, 0.2) is 0 Å². The van der Waals surface area contributed by atoms with Gasteiger partial charge in [-0.3, -0.25) is 4.79 Å². The summed E-state index contributed by atoms with van der Waals surface area (Å²) in [6.45, 7) is 6.31. The molecule has 5 heteroatoms. The second kappa shape index (κ2) is 6.16. The Balaban J connectivity index is 2.29. The summed E-state index contributed by atoms with van der Waals surface area (Å²) in [5, 5.41) is 0. The van der Waals surface area contributed by atoms with Gasteiger partial charge in [0, 0.05) is 12.1 Å². The van der Waals surface area contributed by atoms with Crippen LogP contribution in [-0.4, -0.2) is 36.5 Å². The summed E-state index contributed by atoms with van der Waals surface area (Å²) in [5.41, 5.74) is 1.51. The molecule has 1 atom stereocenters. The highest BCUT2D eigenvalue weighted by molar-refractivity contribution is 6.00. The molecule has 0 spiro atoms. The van der Waals surface area contributed by atoms with Gasteiger partial charge in [0.25, 0.3) is 5.91 Å². The predicted octanol–water partition coefficient (Wildman–Crippen LogP) is 2.24. The highest BCUT2D eigenvalue weighted by atomic mass is 16.5. The molecule has 0 fully saturated rings. The Kier molecular flexibility index (Phi) is 4.50. The Morgan fingerprint density at radius 2 is 2.10 bits per heavy atom. The molecule has 5 nitrogen and oxygen atoms in total. The standard InChI is InChI=1S/C16H21NO4/c1-5-21-16(19)14(10(2)3)17-9-11-8-12(20-4)6-7-13(11)15(17)18/h6-8,10,14H,5,9H2,1-4H3/t14-/m0/s1. The van der Waals surface area contributed by atoms with Gasteiger partial charge in [-0.1, -0.05) is 13.8 Å². The van der Waals surface area contributed by atoms with E-state index in [4.69, 9.17) is 9.47 Å². The molecule has 1 aromatic carbocycles. The number of fused-ring (bicyclic) bond motifs is 1. The average molecular weight is 291 g/mol. The normalized spacial score (nSPS) is 15.1. The Hall–Kier alpha value is -2.04. The van der Waals surface area contributed by atoms with E-state index in [2.05, 4.69) is 0 Å². The zero-order chi connectivity index (χ0) is 15.6. The maximum atomic E-state index is 12.5. The van der Waals surface area contributed by atoms with Crippen molar-refractivity contribution in [1.82, 2.24) is 4.90 Å². The molecule has 1 amide bonds. The largest absolute Gasteiger partial charge is 0.497 e. The summed E-state index contributed by atoms with van der Waals surface area (Å²) in [6, 6.07) is 4.79. The molecule has 0 radical (unpaired) electrons. The fraction of sp³-hybridized carbons (Fsp3) is 0.500. The quantitative estimate of drug-likeness (QED) is 0.781. The first kappa shape index (κ1) is 15.4. The first-order chi connectivity index (χ1) is 9.99. The number of carbonyl (C=O) groups excluding carboxylic acids is 2. The van der Waals surface area contributed by atoms with E-state index in [1.807, 2.05) is 19.9 Å². The fourth-order valence-corrected chi connectivity index (χ4v) is 2.66. The first-order valence-corrected chi connectivity index (χ1v) is 7.14. The van der Waals surface area contributed by atoms with Crippen LogP contribution in [0, 0.1) is 5.92 Å². The van der Waals surface area contributed by atoms with Crippen molar-refractivity contribution < 1.29 is 19.1 Å². The second-order valence-corrected chi connectivity index (χ2v) is 5.40. The summed E-state index contributed by atoms with van der Waals surface area (Å²) in [5.74, 6) is 0.227. The van der Waals surface area contributed by atoms with E-state index >= 15 is 0 Å². The van der Waals surface area contributed by atoms with Crippen molar-refractivity contribution in [2.75, 3.05) is 13.7 Å². The summed E-state index contributed by atoms with van der Waals surface area (Å²) in [4.78, 5) is 26.3. The maximum Gasteiger partial charge on any atom is 0.329 e. The van der Waals surface area contributed by atoms with Crippen LogP contribution >= 0.6 is 0 Å². The van der Waals surface area contributed by atoms with Crippen LogP contribution in [0.3, 0.4) is 0 Å². The maximum absolute atomic E-state index is 12.5. The van der Waals surface area contributed by atoms with Crippen molar-refractivity contribution in [2.24, 2.45) is 5.92 Å². The van der Waals surface area contributed by atoms with Crippen molar-refractivity contribution in [2.45, 2.75) is 33.4 Å². The van der Waals surface area contributed by atoms with E-state index in [0.29, 0.717) is 24.5 Å². The van der Waals surface area contributed by atoms with Crippen LogP contribution in [0.25, 0.3) is 0 Å². The van der Waals surface area contributed by atoms with Crippen LogP contribution in [-0.2, 0) is 16.1 Å². The van der Waals surface area contributed by atoms with E-state index in [1.165, 1.54) is 0 Å². The van der Waals surface area contributed by atoms with Gasteiger partial charge in [-0.2, -0.15) is 0 Å². The number of methoxy groups -OCH3 is 1. The van der Waals surface area contributed by atoms with Crippen molar-refractivity contribution in [3.8, 4) is 5.75 Å². The van der Waals surface area contributed by atoms with E-state index in [1.54, 1.807) is 31.1 Å². The highest BCUT2D eigenvalue weighted by Crippen LogP contribution is 2.30. The SMILES string of the molecule is CCOC(=O)[C@H](C(C)C)N1Cc2cc(OC)ccc2C1=O. The van der Waals surface area contributed by atoms with Crippen LogP contribution in [0.4, 0.5) is 0 Å². The van der Waals surface area contributed by atoms with E-state index in [9.17, 15) is 9.59 Å². The third-order valence-corrected chi connectivity index (χ3v) is 3.64. The average Bonchev–Trinajstić information content (AvgIpc) is 2.75. The van der Waals surface area contributed by atoms with Gasteiger partial charge >= 0.3 is 5.97 Å². The van der Waals surface area contributed by atoms with Gasteiger partial charge in [0.2, 0.25) is 0 Å². The first-order valence-electron chi connectivity index (χ1n) is 7.14. The third kappa shape index (κ3) is 2.86. The molecule has 114 valence electrons. The van der Waals surface area contributed by atoms with Crippen LogP contribution in [0.15, 0.2) is 18.2 Å². The van der Waals surface area contributed by atoms with Gasteiger partial charge in [0.05, 0.1) is 13.7 Å². The Bertz CT molecular complexity index is 553. The number of esters is 1. The monoisotopic (exact) mass is 291 g/mol. The molecular formula is C16H21NO4. The molecule has 21 heavy (non-hydrogen) atoms. The molecule has 0 bridgehead atoms. The van der Waals surface area contributed by atoms with Gasteiger partial charge in [-0.05, 0) is 36.6 Å². The van der Waals surface area contributed by atoms with Crippen LogP contribution in [0.5, 0.6) is 5.75 Å². The lowest BCUT2D eigenvalue weighted by molar-refractivity contribution is -0.150. The summed E-state index contributed by atoms with van der Waals surface area (Å²) in [7, 11) is 1.59. The van der Waals surface area contributed by atoms with Gasteiger partial charge in [-0.15, -0.1) is 0 Å². The lowest BCUT2D eigenvalue weighted by Gasteiger charge is -2.28. The third-order valence-electron chi connectivity index (χ3n) is 3.64. The minimum Gasteiger partial charge on any atom is -0.497 e. The molecular weight excluding hydrogens is 270 g/mol. The van der Waals surface area contributed by atoms with Crippen LogP contribution in [0.1, 0.15) is 36.7 Å². The van der Waals surface area contributed by atoms with Crippen LogP contribution < -0.4 is 4.74 Å². The number of hydrogen-bond donors (Lipinski definition) is 0. The summed E-state index contributed by atoms with van der Waals surface area (Å²) < 4.78 is 10.3. The minimum absolute atomic E-state index is 0.00999. The lowest BCUT2D eigenvalue weighted by Crippen LogP contribution is -2.45. The molecule has 1 aliphatic heterocycles. The second-order valence-electron chi connectivity index (χ2n) is 5.40. The highest BCUT2D eigenvalue weighted by Gasteiger charge is 2.38. The minimum atomic E-state index is -0.559. The number of amides is 1. The molecule has 0 aromatic heterocycles. The van der Waals surface area contributed by atoms with Crippen molar-refractivity contribution in [3.05, 3.63) is 29.3 Å². The lowest BCUT2D eigenvalue weighted by atomic mass is 10.0. The Morgan fingerprint density at radius 1 is 1.38 bits per heavy atom. The number of hydrogen-bond acceptors (Lipinski definition) is 4. The van der Waals surface area contributed by atoms with E-state index in [-0.39, 0.29) is 17.8 Å². The van der Waals surface area contributed by atoms with Crippen LogP contribution in [0.2, 0.25) is 0 Å². The number of carbonyl (C=O) groups is 2. The van der Waals surface area contributed by atoms with Crippen molar-refractivity contribution in [3.63, 3.8) is 0 Å². The molecule has 0 unspecified atom stereocenters. The summed E-state index contributed by atoms with van der Waals surface area (Å²) >= 11 is 0. The molecule has 1 aromatic rings.